The lowest BCUT2D eigenvalue weighted by atomic mass is 10.1. The minimum atomic E-state index is -0.588. The van der Waals surface area contributed by atoms with Crippen LogP contribution in [0.4, 0.5) is 14.5 Å². The van der Waals surface area contributed by atoms with Crippen LogP contribution in [0, 0.1) is 11.6 Å². The number of amides is 1. The first-order valence-electron chi connectivity index (χ1n) is 10.9. The van der Waals surface area contributed by atoms with Gasteiger partial charge in [-0.2, -0.15) is 0 Å². The van der Waals surface area contributed by atoms with Crippen LogP contribution >= 0.6 is 11.3 Å². The SMILES string of the molecule is CN[C@@H](C)C(=O)Nc1c(Cc2nc(C(=O)c3ccc(F)cc3)cs2)nc(-c2ccc(F)cc2)[nH]c1=O. The minimum Gasteiger partial charge on any atom is -0.319 e. The lowest BCUT2D eigenvalue weighted by Gasteiger charge is -2.14. The van der Waals surface area contributed by atoms with Crippen LogP contribution in [0.15, 0.2) is 58.7 Å². The van der Waals surface area contributed by atoms with Gasteiger partial charge in [-0.15, -0.1) is 11.3 Å². The molecule has 8 nitrogen and oxygen atoms in total. The molecule has 0 saturated carbocycles. The third-order valence-corrected chi connectivity index (χ3v) is 6.24. The maximum absolute atomic E-state index is 13.4. The van der Waals surface area contributed by atoms with Crippen molar-refractivity contribution in [1.29, 1.82) is 0 Å². The number of likely N-dealkylation sites (N-methyl/N-ethyl adjacent to an activating group) is 1. The van der Waals surface area contributed by atoms with Crippen LogP contribution in [0.1, 0.15) is 33.7 Å². The Morgan fingerprint density at radius 1 is 1.03 bits per heavy atom. The predicted molar refractivity (Wildman–Crippen MR) is 132 cm³/mol. The Morgan fingerprint density at radius 3 is 2.31 bits per heavy atom. The summed E-state index contributed by atoms with van der Waals surface area (Å²) in [4.78, 5) is 49.7. The van der Waals surface area contributed by atoms with E-state index in [2.05, 4.69) is 25.6 Å². The number of carbonyl (C=O) groups excluding carboxylic acids is 2. The molecule has 0 bridgehead atoms. The fraction of sp³-hybridized carbons (Fsp3) is 0.160. The Balaban J connectivity index is 1.69. The summed E-state index contributed by atoms with van der Waals surface area (Å²) in [5, 5.41) is 7.44. The van der Waals surface area contributed by atoms with Gasteiger partial charge in [0.25, 0.3) is 5.56 Å². The van der Waals surface area contributed by atoms with Gasteiger partial charge in [0.15, 0.2) is 0 Å². The van der Waals surface area contributed by atoms with Crippen LogP contribution in [-0.4, -0.2) is 39.7 Å². The van der Waals surface area contributed by atoms with E-state index in [1.807, 2.05) is 0 Å². The predicted octanol–water partition coefficient (Wildman–Crippen LogP) is 3.54. The average Bonchev–Trinajstić information content (AvgIpc) is 3.34. The molecule has 1 amide bonds. The van der Waals surface area contributed by atoms with Crippen LogP contribution in [0.2, 0.25) is 0 Å². The Kier molecular flexibility index (Phi) is 7.41. The maximum Gasteiger partial charge on any atom is 0.275 e. The number of rotatable bonds is 8. The summed E-state index contributed by atoms with van der Waals surface area (Å²) in [6, 6.07) is 10.00. The molecule has 1 atom stereocenters. The summed E-state index contributed by atoms with van der Waals surface area (Å²) in [5.41, 5.74) is 0.520. The van der Waals surface area contributed by atoms with E-state index >= 15 is 0 Å². The van der Waals surface area contributed by atoms with Crippen molar-refractivity contribution in [3.05, 3.63) is 97.9 Å². The molecule has 36 heavy (non-hydrogen) atoms. The number of nitrogens with zero attached hydrogens (tertiary/aromatic N) is 2. The number of anilines is 1. The molecule has 0 spiro atoms. The molecule has 0 aliphatic carbocycles. The van der Waals surface area contributed by atoms with Gasteiger partial charge in [0.1, 0.15) is 28.8 Å². The Bertz CT molecular complexity index is 1470. The highest BCUT2D eigenvalue weighted by Crippen LogP contribution is 2.22. The smallest absolute Gasteiger partial charge is 0.275 e. The Hall–Kier alpha value is -4.09. The second-order valence-corrected chi connectivity index (χ2v) is 8.82. The van der Waals surface area contributed by atoms with E-state index in [4.69, 9.17) is 0 Å². The standard InChI is InChI=1S/C25H21F2N5O3S/c1-13(28-2)24(34)31-21-18(30-23(32-25(21)35)15-5-9-17(27)10-6-15)11-20-29-19(12-36-20)22(33)14-3-7-16(26)8-4-14/h3-10,12-13,28H,11H2,1-2H3,(H,31,34)(H,30,32,35)/t13-/m0/s1. The topological polar surface area (TPSA) is 117 Å². The van der Waals surface area contributed by atoms with Gasteiger partial charge in [-0.3, -0.25) is 14.4 Å². The van der Waals surface area contributed by atoms with Crippen LogP contribution in [-0.2, 0) is 11.2 Å². The zero-order valence-corrected chi connectivity index (χ0v) is 20.1. The molecule has 0 unspecified atom stereocenters. The first-order chi connectivity index (χ1) is 17.2. The second kappa shape index (κ2) is 10.7. The van der Waals surface area contributed by atoms with Crippen molar-refractivity contribution >= 4 is 28.7 Å². The lowest BCUT2D eigenvalue weighted by molar-refractivity contribution is -0.117. The van der Waals surface area contributed by atoms with Crippen molar-refractivity contribution in [3.8, 4) is 11.4 Å². The van der Waals surface area contributed by atoms with E-state index in [1.165, 1.54) is 59.9 Å². The van der Waals surface area contributed by atoms with E-state index in [9.17, 15) is 23.2 Å². The third-order valence-electron chi connectivity index (χ3n) is 5.40. The summed E-state index contributed by atoms with van der Waals surface area (Å²) in [7, 11) is 1.61. The van der Waals surface area contributed by atoms with Crippen LogP contribution in [0.25, 0.3) is 11.4 Å². The number of hydrogen-bond donors (Lipinski definition) is 3. The molecule has 0 aliphatic rings. The number of H-pyrrole nitrogens is 1. The summed E-state index contributed by atoms with van der Waals surface area (Å²) in [6.07, 6.45) is 0.0447. The number of nitrogens with one attached hydrogen (secondary N) is 3. The summed E-state index contributed by atoms with van der Waals surface area (Å²) < 4.78 is 26.6. The van der Waals surface area contributed by atoms with Gasteiger partial charge < -0.3 is 15.6 Å². The van der Waals surface area contributed by atoms with Gasteiger partial charge in [-0.25, -0.2) is 18.7 Å². The zero-order valence-electron chi connectivity index (χ0n) is 19.3. The van der Waals surface area contributed by atoms with Crippen LogP contribution in [0.3, 0.4) is 0 Å². The molecule has 4 rings (SSSR count). The number of thiazole rings is 1. The van der Waals surface area contributed by atoms with Gasteiger partial charge in [-0.1, -0.05) is 0 Å². The van der Waals surface area contributed by atoms with Gasteiger partial charge in [0.05, 0.1) is 16.7 Å². The van der Waals surface area contributed by atoms with E-state index in [0.717, 1.165) is 0 Å². The molecule has 4 aromatic rings. The molecule has 3 N–H and O–H groups in total. The molecule has 0 radical (unpaired) electrons. The summed E-state index contributed by atoms with van der Waals surface area (Å²) in [5.74, 6) is -1.52. The fourth-order valence-electron chi connectivity index (χ4n) is 3.27. The monoisotopic (exact) mass is 509 g/mol. The van der Waals surface area contributed by atoms with E-state index in [0.29, 0.717) is 10.6 Å². The molecule has 0 fully saturated rings. The number of halogens is 2. The lowest BCUT2D eigenvalue weighted by Crippen LogP contribution is -2.37. The molecule has 0 saturated heterocycles. The quantitative estimate of drug-likeness (QED) is 0.313. The van der Waals surface area contributed by atoms with E-state index in [-0.39, 0.29) is 40.7 Å². The van der Waals surface area contributed by atoms with Gasteiger partial charge in [0.2, 0.25) is 11.7 Å². The minimum absolute atomic E-state index is 0.0447. The van der Waals surface area contributed by atoms with Gasteiger partial charge in [-0.05, 0) is 62.5 Å². The molecule has 2 aromatic heterocycles. The number of carbonyl (C=O) groups is 2. The van der Waals surface area contributed by atoms with Crippen molar-refractivity contribution in [2.75, 3.05) is 12.4 Å². The zero-order chi connectivity index (χ0) is 25.8. The van der Waals surface area contributed by atoms with Crippen LogP contribution in [0.5, 0.6) is 0 Å². The number of benzene rings is 2. The Labute approximate surface area is 208 Å². The molecule has 11 heteroatoms. The first-order valence-corrected chi connectivity index (χ1v) is 11.7. The molecule has 0 aliphatic heterocycles. The number of hydrogen-bond acceptors (Lipinski definition) is 7. The van der Waals surface area contributed by atoms with Crippen molar-refractivity contribution in [2.24, 2.45) is 0 Å². The van der Waals surface area contributed by atoms with Crippen molar-refractivity contribution in [2.45, 2.75) is 19.4 Å². The maximum atomic E-state index is 13.4. The normalized spacial score (nSPS) is 11.8. The molecule has 2 heterocycles. The largest absolute Gasteiger partial charge is 0.319 e. The van der Waals surface area contributed by atoms with Crippen LogP contribution < -0.4 is 16.2 Å². The molecule has 184 valence electrons. The van der Waals surface area contributed by atoms with E-state index in [1.54, 1.807) is 19.4 Å². The number of ketones is 1. The molecular weight excluding hydrogens is 488 g/mol. The van der Waals surface area contributed by atoms with Gasteiger partial charge in [0, 0.05) is 22.9 Å². The third kappa shape index (κ3) is 5.58. The summed E-state index contributed by atoms with van der Waals surface area (Å²) in [6.45, 7) is 1.64. The average molecular weight is 510 g/mol. The summed E-state index contributed by atoms with van der Waals surface area (Å²) >= 11 is 1.19. The fourth-order valence-corrected chi connectivity index (χ4v) is 4.05. The number of aromatic amines is 1. The van der Waals surface area contributed by atoms with E-state index < -0.39 is 29.1 Å². The first kappa shape index (κ1) is 25.0. The van der Waals surface area contributed by atoms with Gasteiger partial charge >= 0.3 is 0 Å². The molecule has 2 aromatic carbocycles. The van der Waals surface area contributed by atoms with Crippen molar-refractivity contribution in [3.63, 3.8) is 0 Å². The molecular formula is C25H21F2N5O3S. The highest BCUT2D eigenvalue weighted by atomic mass is 32.1. The van der Waals surface area contributed by atoms with Crippen molar-refractivity contribution < 1.29 is 18.4 Å². The number of aromatic nitrogens is 3. The highest BCUT2D eigenvalue weighted by Gasteiger charge is 2.20. The second-order valence-electron chi connectivity index (χ2n) is 7.88. The van der Waals surface area contributed by atoms with Crippen molar-refractivity contribution in [1.82, 2.24) is 20.3 Å². The highest BCUT2D eigenvalue weighted by molar-refractivity contribution is 7.09. The Morgan fingerprint density at radius 2 is 1.67 bits per heavy atom.